The molecule has 84 valence electrons. The van der Waals surface area contributed by atoms with Crippen molar-refractivity contribution in [3.63, 3.8) is 0 Å². The maximum Gasteiger partial charge on any atom is 0.508 e. The Morgan fingerprint density at radius 1 is 1.07 bits per heavy atom. The van der Waals surface area contributed by atoms with Crippen molar-refractivity contribution in [2.75, 3.05) is 40.1 Å². The predicted octanol–water partition coefficient (Wildman–Crippen LogP) is 1.21. The van der Waals surface area contributed by atoms with Crippen LogP contribution in [0.3, 0.4) is 0 Å². The van der Waals surface area contributed by atoms with Gasteiger partial charge < -0.3 is 18.9 Å². The van der Waals surface area contributed by atoms with Gasteiger partial charge in [-0.05, 0) is 6.92 Å². The van der Waals surface area contributed by atoms with Crippen LogP contribution in [-0.4, -0.2) is 46.3 Å². The average Bonchev–Trinajstić information content (AvgIpc) is 2.17. The van der Waals surface area contributed by atoms with Crippen LogP contribution < -0.4 is 0 Å². The molecule has 0 amide bonds. The standard InChI is InChI=1S/C9H18O5/c1-3-13-9(10)14-6-4-5-12-8-7-11-2/h3-8H2,1-2H3. The van der Waals surface area contributed by atoms with Crippen molar-refractivity contribution in [1.82, 2.24) is 0 Å². The van der Waals surface area contributed by atoms with Gasteiger partial charge in [-0.15, -0.1) is 0 Å². The summed E-state index contributed by atoms with van der Waals surface area (Å²) in [7, 11) is 1.62. The van der Waals surface area contributed by atoms with Crippen molar-refractivity contribution < 1.29 is 23.7 Å². The fourth-order valence-electron chi connectivity index (χ4n) is 0.720. The van der Waals surface area contributed by atoms with Crippen LogP contribution in [0, 0.1) is 0 Å². The van der Waals surface area contributed by atoms with Crippen molar-refractivity contribution in [3.8, 4) is 0 Å². The predicted molar refractivity (Wildman–Crippen MR) is 50.3 cm³/mol. The van der Waals surface area contributed by atoms with Crippen LogP contribution in [0.2, 0.25) is 0 Å². The summed E-state index contributed by atoms with van der Waals surface area (Å²) in [6.07, 6.45) is 0.0482. The molecule has 14 heavy (non-hydrogen) atoms. The van der Waals surface area contributed by atoms with Gasteiger partial charge in [0, 0.05) is 20.1 Å². The first-order chi connectivity index (χ1) is 6.81. The summed E-state index contributed by atoms with van der Waals surface area (Å²) in [6, 6.07) is 0. The van der Waals surface area contributed by atoms with Crippen LogP contribution >= 0.6 is 0 Å². The second kappa shape index (κ2) is 10.3. The first-order valence-electron chi connectivity index (χ1n) is 4.67. The van der Waals surface area contributed by atoms with Crippen LogP contribution in [0.25, 0.3) is 0 Å². The number of rotatable bonds is 8. The van der Waals surface area contributed by atoms with E-state index in [0.29, 0.717) is 39.5 Å². The van der Waals surface area contributed by atoms with Gasteiger partial charge in [-0.1, -0.05) is 0 Å². The van der Waals surface area contributed by atoms with Crippen molar-refractivity contribution >= 4 is 6.16 Å². The van der Waals surface area contributed by atoms with E-state index < -0.39 is 6.16 Å². The zero-order valence-corrected chi connectivity index (χ0v) is 8.78. The van der Waals surface area contributed by atoms with Crippen LogP contribution in [0.1, 0.15) is 13.3 Å². The summed E-state index contributed by atoms with van der Waals surface area (Å²) in [5.74, 6) is 0. The zero-order chi connectivity index (χ0) is 10.6. The number of carbonyl (C=O) groups is 1. The first-order valence-corrected chi connectivity index (χ1v) is 4.67. The lowest BCUT2D eigenvalue weighted by Crippen LogP contribution is -2.10. The van der Waals surface area contributed by atoms with E-state index in [4.69, 9.17) is 14.2 Å². The Hall–Kier alpha value is -0.810. The van der Waals surface area contributed by atoms with E-state index in [1.54, 1.807) is 14.0 Å². The SMILES string of the molecule is CCOC(=O)OCCCOCCOC. The van der Waals surface area contributed by atoms with E-state index in [2.05, 4.69) is 4.74 Å². The van der Waals surface area contributed by atoms with Crippen LogP contribution in [0.4, 0.5) is 4.79 Å². The van der Waals surface area contributed by atoms with E-state index in [9.17, 15) is 4.79 Å². The lowest BCUT2D eigenvalue weighted by molar-refractivity contribution is 0.0388. The monoisotopic (exact) mass is 206 g/mol. The molecule has 0 radical (unpaired) electrons. The van der Waals surface area contributed by atoms with Gasteiger partial charge in [0.25, 0.3) is 0 Å². The van der Waals surface area contributed by atoms with Crippen molar-refractivity contribution in [3.05, 3.63) is 0 Å². The van der Waals surface area contributed by atoms with E-state index in [0.717, 1.165) is 0 Å². The minimum absolute atomic E-state index is 0.325. The van der Waals surface area contributed by atoms with Gasteiger partial charge in [0.1, 0.15) is 0 Å². The zero-order valence-electron chi connectivity index (χ0n) is 8.78. The third kappa shape index (κ3) is 9.28. The molecule has 0 aliphatic rings. The number of hydrogen-bond acceptors (Lipinski definition) is 5. The summed E-state index contributed by atoms with van der Waals surface area (Å²) in [5.41, 5.74) is 0. The quantitative estimate of drug-likeness (QED) is 0.441. The topological polar surface area (TPSA) is 54.0 Å². The summed E-state index contributed by atoms with van der Waals surface area (Å²) in [6.45, 7) is 4.10. The second-order valence-corrected chi connectivity index (χ2v) is 2.49. The molecule has 0 N–H and O–H groups in total. The Morgan fingerprint density at radius 3 is 2.50 bits per heavy atom. The number of methoxy groups -OCH3 is 1. The Bertz CT molecular complexity index is 137. The lowest BCUT2D eigenvalue weighted by atomic mass is 10.5. The van der Waals surface area contributed by atoms with E-state index in [1.165, 1.54) is 0 Å². The normalized spacial score (nSPS) is 9.86. The van der Waals surface area contributed by atoms with Gasteiger partial charge in [-0.25, -0.2) is 4.79 Å². The molecule has 0 unspecified atom stereocenters. The highest BCUT2D eigenvalue weighted by atomic mass is 16.7. The van der Waals surface area contributed by atoms with Crippen molar-refractivity contribution in [2.45, 2.75) is 13.3 Å². The highest BCUT2D eigenvalue weighted by Gasteiger charge is 2.00. The van der Waals surface area contributed by atoms with Gasteiger partial charge in [0.15, 0.2) is 0 Å². The molecule has 0 aromatic heterocycles. The average molecular weight is 206 g/mol. The molecular weight excluding hydrogens is 188 g/mol. The molecule has 0 aromatic carbocycles. The molecule has 5 heteroatoms. The van der Waals surface area contributed by atoms with Crippen LogP contribution in [-0.2, 0) is 18.9 Å². The third-order valence-electron chi connectivity index (χ3n) is 1.35. The minimum atomic E-state index is -0.621. The van der Waals surface area contributed by atoms with E-state index in [1.807, 2.05) is 0 Å². The molecule has 0 bridgehead atoms. The van der Waals surface area contributed by atoms with Crippen molar-refractivity contribution in [2.24, 2.45) is 0 Å². The number of carbonyl (C=O) groups excluding carboxylic acids is 1. The van der Waals surface area contributed by atoms with E-state index in [-0.39, 0.29) is 0 Å². The van der Waals surface area contributed by atoms with Crippen molar-refractivity contribution in [1.29, 1.82) is 0 Å². The Morgan fingerprint density at radius 2 is 1.86 bits per heavy atom. The fourth-order valence-corrected chi connectivity index (χ4v) is 0.720. The second-order valence-electron chi connectivity index (χ2n) is 2.49. The molecular formula is C9H18O5. The molecule has 5 nitrogen and oxygen atoms in total. The van der Waals surface area contributed by atoms with Crippen LogP contribution in [0.5, 0.6) is 0 Å². The summed E-state index contributed by atoms with van der Waals surface area (Å²) in [4.78, 5) is 10.7. The molecule has 0 spiro atoms. The largest absolute Gasteiger partial charge is 0.508 e. The van der Waals surface area contributed by atoms with Gasteiger partial charge in [-0.3, -0.25) is 0 Å². The van der Waals surface area contributed by atoms with Crippen LogP contribution in [0.15, 0.2) is 0 Å². The van der Waals surface area contributed by atoms with E-state index >= 15 is 0 Å². The number of ether oxygens (including phenoxy) is 4. The highest BCUT2D eigenvalue weighted by molar-refractivity contribution is 5.59. The molecule has 0 fully saturated rings. The summed E-state index contributed by atoms with van der Waals surface area (Å²) in [5, 5.41) is 0. The third-order valence-corrected chi connectivity index (χ3v) is 1.35. The summed E-state index contributed by atoms with van der Waals surface area (Å²) < 4.78 is 19.2. The maximum atomic E-state index is 10.7. The molecule has 0 aliphatic carbocycles. The highest BCUT2D eigenvalue weighted by Crippen LogP contribution is 1.89. The van der Waals surface area contributed by atoms with Gasteiger partial charge in [0.05, 0.1) is 26.4 Å². The molecule has 0 aliphatic heterocycles. The fraction of sp³-hybridized carbons (Fsp3) is 0.889. The Labute approximate surface area is 84.3 Å². The van der Waals surface area contributed by atoms with Gasteiger partial charge in [0.2, 0.25) is 0 Å². The molecule has 0 saturated heterocycles. The molecule has 0 rings (SSSR count). The molecule has 0 atom stereocenters. The van der Waals surface area contributed by atoms with Gasteiger partial charge >= 0.3 is 6.16 Å². The Balaban J connectivity index is 3.01. The number of hydrogen-bond donors (Lipinski definition) is 0. The molecule has 0 aromatic rings. The summed E-state index contributed by atoms with van der Waals surface area (Å²) >= 11 is 0. The molecule has 0 heterocycles. The smallest absolute Gasteiger partial charge is 0.435 e. The molecule has 0 saturated carbocycles. The maximum absolute atomic E-state index is 10.7. The Kier molecular flexibility index (Phi) is 9.68. The first kappa shape index (κ1) is 13.2. The lowest BCUT2D eigenvalue weighted by Gasteiger charge is -2.05. The minimum Gasteiger partial charge on any atom is -0.435 e. The van der Waals surface area contributed by atoms with Gasteiger partial charge in [-0.2, -0.15) is 0 Å².